The summed E-state index contributed by atoms with van der Waals surface area (Å²) in [4.78, 5) is 26.2. The standard InChI is InChI=1S/C18H25FN4O2/c19-13-3-5-14(6-4-13)21-18(25)22-15-7-10-23(11-8-15)17(24)12-16-2-1-9-20-16/h3-6,15-16,20H,1-2,7-12H2,(H2,21,22,25). The molecule has 2 aliphatic rings. The number of halogens is 1. The number of urea groups is 1. The molecule has 3 rings (SSSR count). The van der Waals surface area contributed by atoms with Crippen molar-refractivity contribution in [2.24, 2.45) is 0 Å². The van der Waals surface area contributed by atoms with Crippen LogP contribution in [0.1, 0.15) is 32.1 Å². The third kappa shape index (κ3) is 5.16. The van der Waals surface area contributed by atoms with Crippen LogP contribution in [0.25, 0.3) is 0 Å². The van der Waals surface area contributed by atoms with Crippen LogP contribution in [-0.4, -0.2) is 48.6 Å². The predicted octanol–water partition coefficient (Wildman–Crippen LogP) is 2.08. The molecule has 0 radical (unpaired) electrons. The van der Waals surface area contributed by atoms with Crippen molar-refractivity contribution < 1.29 is 14.0 Å². The normalized spacial score (nSPS) is 21.2. The molecule has 136 valence electrons. The Kier molecular flexibility index (Phi) is 5.86. The number of nitrogens with one attached hydrogen (secondary N) is 3. The minimum atomic E-state index is -0.337. The Morgan fingerprint density at radius 2 is 1.88 bits per heavy atom. The van der Waals surface area contributed by atoms with Gasteiger partial charge in [-0.25, -0.2) is 9.18 Å². The molecular weight excluding hydrogens is 323 g/mol. The summed E-state index contributed by atoms with van der Waals surface area (Å²) in [5.74, 6) is -0.135. The van der Waals surface area contributed by atoms with E-state index in [9.17, 15) is 14.0 Å². The number of nitrogens with zero attached hydrogens (tertiary/aromatic N) is 1. The van der Waals surface area contributed by atoms with Crippen LogP contribution < -0.4 is 16.0 Å². The van der Waals surface area contributed by atoms with E-state index >= 15 is 0 Å². The number of piperidine rings is 1. The van der Waals surface area contributed by atoms with Gasteiger partial charge in [-0.2, -0.15) is 0 Å². The van der Waals surface area contributed by atoms with E-state index in [0.717, 1.165) is 32.2 Å². The number of likely N-dealkylation sites (tertiary alicyclic amines) is 1. The Labute approximate surface area is 147 Å². The number of rotatable bonds is 4. The molecule has 1 aromatic carbocycles. The van der Waals surface area contributed by atoms with Crippen LogP contribution in [-0.2, 0) is 4.79 Å². The second-order valence-corrected chi connectivity index (χ2v) is 6.76. The van der Waals surface area contributed by atoms with Gasteiger partial charge in [0.25, 0.3) is 0 Å². The molecule has 0 spiro atoms. The van der Waals surface area contributed by atoms with Gasteiger partial charge in [0.2, 0.25) is 5.91 Å². The second kappa shape index (κ2) is 8.29. The third-order valence-corrected chi connectivity index (χ3v) is 4.87. The number of anilines is 1. The quantitative estimate of drug-likeness (QED) is 0.780. The second-order valence-electron chi connectivity index (χ2n) is 6.76. The molecule has 3 amide bonds. The fraction of sp³-hybridized carbons (Fsp3) is 0.556. The molecule has 0 saturated carbocycles. The molecule has 2 saturated heterocycles. The Balaban J connectivity index is 1.38. The summed E-state index contributed by atoms with van der Waals surface area (Å²) >= 11 is 0. The summed E-state index contributed by atoms with van der Waals surface area (Å²) in [6.45, 7) is 2.35. The molecule has 0 bridgehead atoms. The molecule has 1 aromatic rings. The topological polar surface area (TPSA) is 73.5 Å². The molecule has 2 fully saturated rings. The van der Waals surface area contributed by atoms with Gasteiger partial charge in [0.15, 0.2) is 0 Å². The highest BCUT2D eigenvalue weighted by atomic mass is 19.1. The zero-order chi connectivity index (χ0) is 17.6. The van der Waals surface area contributed by atoms with Gasteiger partial charge in [0, 0.05) is 37.3 Å². The first kappa shape index (κ1) is 17.7. The lowest BCUT2D eigenvalue weighted by atomic mass is 10.0. The molecule has 1 atom stereocenters. The maximum absolute atomic E-state index is 12.9. The SMILES string of the molecule is O=C(Nc1ccc(F)cc1)NC1CCN(C(=O)CC2CCCN2)CC1. The number of benzene rings is 1. The Bertz CT molecular complexity index is 594. The van der Waals surface area contributed by atoms with Crippen molar-refractivity contribution in [3.05, 3.63) is 30.1 Å². The minimum absolute atomic E-state index is 0.0501. The van der Waals surface area contributed by atoms with Gasteiger partial charge in [-0.05, 0) is 56.5 Å². The van der Waals surface area contributed by atoms with Crippen molar-refractivity contribution in [1.82, 2.24) is 15.5 Å². The van der Waals surface area contributed by atoms with Crippen molar-refractivity contribution in [3.63, 3.8) is 0 Å². The monoisotopic (exact) mass is 348 g/mol. The van der Waals surface area contributed by atoms with Gasteiger partial charge in [-0.1, -0.05) is 0 Å². The molecule has 2 heterocycles. The number of amides is 3. The maximum Gasteiger partial charge on any atom is 0.319 e. The largest absolute Gasteiger partial charge is 0.342 e. The fourth-order valence-electron chi connectivity index (χ4n) is 3.43. The molecular formula is C18H25FN4O2. The first-order valence-electron chi connectivity index (χ1n) is 8.94. The summed E-state index contributed by atoms with van der Waals surface area (Å²) in [6, 6.07) is 5.73. The molecule has 25 heavy (non-hydrogen) atoms. The number of carbonyl (C=O) groups excluding carboxylic acids is 2. The lowest BCUT2D eigenvalue weighted by Crippen LogP contribution is -2.48. The van der Waals surface area contributed by atoms with Crippen LogP contribution >= 0.6 is 0 Å². The van der Waals surface area contributed by atoms with E-state index in [0.29, 0.717) is 31.2 Å². The van der Waals surface area contributed by atoms with Crippen molar-refractivity contribution in [2.75, 3.05) is 25.0 Å². The van der Waals surface area contributed by atoms with Crippen LogP contribution in [0.3, 0.4) is 0 Å². The Morgan fingerprint density at radius 3 is 2.52 bits per heavy atom. The number of hydrogen-bond acceptors (Lipinski definition) is 3. The smallest absolute Gasteiger partial charge is 0.319 e. The van der Waals surface area contributed by atoms with Crippen LogP contribution in [0.4, 0.5) is 14.9 Å². The lowest BCUT2D eigenvalue weighted by Gasteiger charge is -2.33. The molecule has 6 nitrogen and oxygen atoms in total. The first-order chi connectivity index (χ1) is 12.1. The van der Waals surface area contributed by atoms with E-state index in [1.165, 1.54) is 24.3 Å². The summed E-state index contributed by atoms with van der Waals surface area (Å²) in [6.07, 6.45) is 4.30. The van der Waals surface area contributed by atoms with Crippen LogP contribution in [0, 0.1) is 5.82 Å². The zero-order valence-corrected chi connectivity index (χ0v) is 14.3. The van der Waals surface area contributed by atoms with Crippen molar-refractivity contribution in [2.45, 2.75) is 44.2 Å². The van der Waals surface area contributed by atoms with Gasteiger partial charge < -0.3 is 20.9 Å². The number of carbonyl (C=O) groups is 2. The summed E-state index contributed by atoms with van der Waals surface area (Å²) in [7, 11) is 0. The molecule has 0 aromatic heterocycles. The van der Waals surface area contributed by atoms with E-state index in [1.54, 1.807) is 0 Å². The van der Waals surface area contributed by atoms with Crippen LogP contribution in [0.2, 0.25) is 0 Å². The van der Waals surface area contributed by atoms with Crippen LogP contribution in [0.15, 0.2) is 24.3 Å². The summed E-state index contributed by atoms with van der Waals surface area (Å²) in [5.41, 5.74) is 0.551. The molecule has 2 aliphatic heterocycles. The van der Waals surface area contributed by atoms with Crippen molar-refractivity contribution >= 4 is 17.6 Å². The number of hydrogen-bond donors (Lipinski definition) is 3. The van der Waals surface area contributed by atoms with Crippen molar-refractivity contribution in [3.8, 4) is 0 Å². The van der Waals surface area contributed by atoms with Gasteiger partial charge in [0.05, 0.1) is 0 Å². The zero-order valence-electron chi connectivity index (χ0n) is 14.3. The van der Waals surface area contributed by atoms with Crippen molar-refractivity contribution in [1.29, 1.82) is 0 Å². The molecule has 3 N–H and O–H groups in total. The van der Waals surface area contributed by atoms with E-state index in [4.69, 9.17) is 0 Å². The van der Waals surface area contributed by atoms with Gasteiger partial charge in [0.1, 0.15) is 5.82 Å². The van der Waals surface area contributed by atoms with E-state index < -0.39 is 0 Å². The summed E-state index contributed by atoms with van der Waals surface area (Å²) < 4.78 is 12.9. The van der Waals surface area contributed by atoms with Gasteiger partial charge >= 0.3 is 6.03 Å². The molecule has 0 aliphatic carbocycles. The predicted molar refractivity (Wildman–Crippen MR) is 93.8 cm³/mol. The Hall–Kier alpha value is -2.15. The highest BCUT2D eigenvalue weighted by Gasteiger charge is 2.26. The lowest BCUT2D eigenvalue weighted by molar-refractivity contribution is -0.132. The average molecular weight is 348 g/mol. The maximum atomic E-state index is 12.9. The highest BCUT2D eigenvalue weighted by molar-refractivity contribution is 5.89. The van der Waals surface area contributed by atoms with Gasteiger partial charge in [-0.15, -0.1) is 0 Å². The Morgan fingerprint density at radius 1 is 1.16 bits per heavy atom. The summed E-state index contributed by atoms with van der Waals surface area (Å²) in [5, 5.41) is 8.97. The average Bonchev–Trinajstić information content (AvgIpc) is 3.10. The third-order valence-electron chi connectivity index (χ3n) is 4.87. The minimum Gasteiger partial charge on any atom is -0.342 e. The fourth-order valence-corrected chi connectivity index (χ4v) is 3.43. The first-order valence-corrected chi connectivity index (χ1v) is 8.94. The van der Waals surface area contributed by atoms with Crippen LogP contribution in [0.5, 0.6) is 0 Å². The van der Waals surface area contributed by atoms with E-state index in [1.807, 2.05) is 4.90 Å². The highest BCUT2D eigenvalue weighted by Crippen LogP contribution is 2.15. The van der Waals surface area contributed by atoms with Gasteiger partial charge in [-0.3, -0.25) is 4.79 Å². The molecule has 7 heteroatoms. The molecule has 1 unspecified atom stereocenters. The van der Waals surface area contributed by atoms with E-state index in [-0.39, 0.29) is 23.8 Å². The van der Waals surface area contributed by atoms with E-state index in [2.05, 4.69) is 16.0 Å².